The summed E-state index contributed by atoms with van der Waals surface area (Å²) in [6, 6.07) is 2.14. The van der Waals surface area contributed by atoms with Crippen LogP contribution in [0.1, 0.15) is 32.3 Å². The van der Waals surface area contributed by atoms with Gasteiger partial charge < -0.3 is 10.2 Å². The Labute approximate surface area is 104 Å². The van der Waals surface area contributed by atoms with Gasteiger partial charge in [-0.2, -0.15) is 0 Å². The van der Waals surface area contributed by atoms with Crippen LogP contribution in [0.15, 0.2) is 18.5 Å². The number of nitrogens with one attached hydrogen (secondary N) is 1. The fourth-order valence-electron chi connectivity index (χ4n) is 2.40. The van der Waals surface area contributed by atoms with Crippen LogP contribution in [0.5, 0.6) is 0 Å². The minimum Gasteiger partial charge on any atom is -0.370 e. The Bertz CT molecular complexity index is 351. The predicted octanol–water partition coefficient (Wildman–Crippen LogP) is 2.43. The van der Waals surface area contributed by atoms with E-state index in [1.54, 1.807) is 0 Å². The molecule has 94 valence electrons. The van der Waals surface area contributed by atoms with Crippen LogP contribution in [-0.2, 0) is 6.54 Å². The molecule has 1 fully saturated rings. The maximum Gasteiger partial charge on any atom is 0.0598 e. The van der Waals surface area contributed by atoms with Gasteiger partial charge in [0.25, 0.3) is 0 Å². The topological polar surface area (TPSA) is 28.2 Å². The zero-order valence-electron chi connectivity index (χ0n) is 10.9. The summed E-state index contributed by atoms with van der Waals surface area (Å²) in [6.07, 6.45) is 6.39. The first-order chi connectivity index (χ1) is 8.31. The van der Waals surface area contributed by atoms with E-state index in [0.717, 1.165) is 19.0 Å². The van der Waals surface area contributed by atoms with Gasteiger partial charge in [-0.25, -0.2) is 0 Å². The fraction of sp³-hybridized carbons (Fsp3) is 0.643. The molecule has 0 aliphatic carbocycles. The summed E-state index contributed by atoms with van der Waals surface area (Å²) >= 11 is 0. The van der Waals surface area contributed by atoms with E-state index >= 15 is 0 Å². The average molecular weight is 233 g/mol. The summed E-state index contributed by atoms with van der Waals surface area (Å²) in [7, 11) is 0. The van der Waals surface area contributed by atoms with Crippen molar-refractivity contribution in [3.05, 3.63) is 24.0 Å². The van der Waals surface area contributed by atoms with Crippen molar-refractivity contribution in [1.29, 1.82) is 0 Å². The van der Waals surface area contributed by atoms with Crippen LogP contribution in [0, 0.1) is 5.92 Å². The van der Waals surface area contributed by atoms with E-state index in [4.69, 9.17) is 0 Å². The molecule has 3 nitrogen and oxygen atoms in total. The highest BCUT2D eigenvalue weighted by atomic mass is 15.2. The van der Waals surface area contributed by atoms with Crippen LogP contribution in [-0.4, -0.2) is 24.6 Å². The molecule has 1 aliphatic rings. The first-order valence-corrected chi connectivity index (χ1v) is 6.69. The molecule has 0 spiro atoms. The minimum atomic E-state index is 0.812. The molecule has 1 atom stereocenters. The normalized spacial score (nSPS) is 19.9. The van der Waals surface area contributed by atoms with E-state index in [9.17, 15) is 0 Å². The summed E-state index contributed by atoms with van der Waals surface area (Å²) in [6.45, 7) is 8.91. The first-order valence-electron chi connectivity index (χ1n) is 6.69. The molecule has 1 saturated heterocycles. The van der Waals surface area contributed by atoms with E-state index in [-0.39, 0.29) is 0 Å². The maximum absolute atomic E-state index is 4.27. The Kier molecular flexibility index (Phi) is 4.37. The first kappa shape index (κ1) is 12.4. The van der Waals surface area contributed by atoms with Gasteiger partial charge in [0.1, 0.15) is 0 Å². The fourth-order valence-corrected chi connectivity index (χ4v) is 2.40. The third-order valence-electron chi connectivity index (χ3n) is 3.39. The van der Waals surface area contributed by atoms with E-state index in [2.05, 4.69) is 35.1 Å². The van der Waals surface area contributed by atoms with E-state index in [1.165, 1.54) is 37.2 Å². The van der Waals surface area contributed by atoms with Gasteiger partial charge in [0, 0.05) is 25.8 Å². The molecule has 2 heterocycles. The Balaban J connectivity index is 2.05. The SMILES string of the molecule is CCCNCc1ccncc1N1CCC(C)C1. The Morgan fingerprint density at radius 2 is 2.41 bits per heavy atom. The van der Waals surface area contributed by atoms with Crippen molar-refractivity contribution < 1.29 is 0 Å². The summed E-state index contributed by atoms with van der Waals surface area (Å²) in [4.78, 5) is 6.75. The van der Waals surface area contributed by atoms with Crippen molar-refractivity contribution in [2.45, 2.75) is 33.2 Å². The molecule has 0 radical (unpaired) electrons. The van der Waals surface area contributed by atoms with Crippen molar-refractivity contribution in [2.24, 2.45) is 5.92 Å². The zero-order valence-corrected chi connectivity index (χ0v) is 10.9. The number of nitrogens with zero attached hydrogens (tertiary/aromatic N) is 2. The number of aromatic nitrogens is 1. The second kappa shape index (κ2) is 6.01. The number of hydrogen-bond donors (Lipinski definition) is 1. The van der Waals surface area contributed by atoms with Crippen molar-refractivity contribution >= 4 is 5.69 Å². The molecule has 1 aromatic rings. The predicted molar refractivity (Wildman–Crippen MR) is 72.2 cm³/mol. The molecule has 3 heteroatoms. The van der Waals surface area contributed by atoms with Gasteiger partial charge >= 0.3 is 0 Å². The number of pyridine rings is 1. The maximum atomic E-state index is 4.27. The minimum absolute atomic E-state index is 0.812. The van der Waals surface area contributed by atoms with E-state index in [0.29, 0.717) is 0 Å². The third-order valence-corrected chi connectivity index (χ3v) is 3.39. The molecule has 1 unspecified atom stereocenters. The van der Waals surface area contributed by atoms with Gasteiger partial charge in [-0.05, 0) is 36.9 Å². The van der Waals surface area contributed by atoms with Gasteiger partial charge in [0.05, 0.1) is 11.9 Å². The second-order valence-electron chi connectivity index (χ2n) is 5.02. The van der Waals surface area contributed by atoms with Crippen LogP contribution in [0.25, 0.3) is 0 Å². The van der Waals surface area contributed by atoms with Crippen LogP contribution in [0.4, 0.5) is 5.69 Å². The van der Waals surface area contributed by atoms with E-state index in [1.807, 2.05) is 12.4 Å². The van der Waals surface area contributed by atoms with Crippen LogP contribution in [0.3, 0.4) is 0 Å². The molecule has 1 aliphatic heterocycles. The lowest BCUT2D eigenvalue weighted by molar-refractivity contribution is 0.657. The lowest BCUT2D eigenvalue weighted by atomic mass is 10.2. The molecule has 1 aromatic heterocycles. The van der Waals surface area contributed by atoms with Crippen LogP contribution in [0.2, 0.25) is 0 Å². The molecule has 0 bridgehead atoms. The molecule has 17 heavy (non-hydrogen) atoms. The monoisotopic (exact) mass is 233 g/mol. The number of hydrogen-bond acceptors (Lipinski definition) is 3. The molecule has 2 rings (SSSR count). The summed E-state index contributed by atoms with van der Waals surface area (Å²) in [5, 5.41) is 3.47. The second-order valence-corrected chi connectivity index (χ2v) is 5.02. The summed E-state index contributed by atoms with van der Waals surface area (Å²) in [5.74, 6) is 0.812. The number of rotatable bonds is 5. The quantitative estimate of drug-likeness (QED) is 0.792. The van der Waals surface area contributed by atoms with Gasteiger partial charge in [0.15, 0.2) is 0 Å². The number of anilines is 1. The van der Waals surface area contributed by atoms with Crippen LogP contribution >= 0.6 is 0 Å². The summed E-state index contributed by atoms with van der Waals surface area (Å²) < 4.78 is 0. The van der Waals surface area contributed by atoms with Gasteiger partial charge in [0.2, 0.25) is 0 Å². The zero-order chi connectivity index (χ0) is 12.1. The average Bonchev–Trinajstić information content (AvgIpc) is 2.77. The lowest BCUT2D eigenvalue weighted by Gasteiger charge is -2.21. The molecule has 0 saturated carbocycles. The highest BCUT2D eigenvalue weighted by molar-refractivity contribution is 5.52. The summed E-state index contributed by atoms with van der Waals surface area (Å²) in [5.41, 5.74) is 2.70. The van der Waals surface area contributed by atoms with E-state index < -0.39 is 0 Å². The standard InChI is InChI=1S/C14H23N3/c1-3-6-15-9-13-4-7-16-10-14(13)17-8-5-12(2)11-17/h4,7,10,12,15H,3,5-6,8-9,11H2,1-2H3. The van der Waals surface area contributed by atoms with Gasteiger partial charge in [-0.15, -0.1) is 0 Å². The largest absolute Gasteiger partial charge is 0.370 e. The highest BCUT2D eigenvalue weighted by Gasteiger charge is 2.20. The van der Waals surface area contributed by atoms with Gasteiger partial charge in [-0.1, -0.05) is 13.8 Å². The van der Waals surface area contributed by atoms with Crippen molar-refractivity contribution in [3.63, 3.8) is 0 Å². The van der Waals surface area contributed by atoms with Crippen molar-refractivity contribution in [3.8, 4) is 0 Å². The molecule has 1 N–H and O–H groups in total. The van der Waals surface area contributed by atoms with Crippen LogP contribution < -0.4 is 10.2 Å². The Morgan fingerprint density at radius 3 is 3.12 bits per heavy atom. The third kappa shape index (κ3) is 3.19. The van der Waals surface area contributed by atoms with Crippen molar-refractivity contribution in [2.75, 3.05) is 24.5 Å². The van der Waals surface area contributed by atoms with Crippen molar-refractivity contribution in [1.82, 2.24) is 10.3 Å². The lowest BCUT2D eigenvalue weighted by Crippen LogP contribution is -2.23. The molecule has 0 aromatic carbocycles. The molecule has 0 amide bonds. The van der Waals surface area contributed by atoms with Gasteiger partial charge in [-0.3, -0.25) is 4.98 Å². The highest BCUT2D eigenvalue weighted by Crippen LogP contribution is 2.25. The smallest absolute Gasteiger partial charge is 0.0598 e. The molecular weight excluding hydrogens is 210 g/mol. The molecular formula is C14H23N3. The Hall–Kier alpha value is -1.09. The Morgan fingerprint density at radius 1 is 1.53 bits per heavy atom.